The lowest BCUT2D eigenvalue weighted by Crippen LogP contribution is -2.66. The van der Waals surface area contributed by atoms with Crippen LogP contribution < -0.4 is 16.0 Å². The van der Waals surface area contributed by atoms with Crippen molar-refractivity contribution in [3.63, 3.8) is 0 Å². The molecule has 2 heterocycles. The average molecular weight is 376 g/mol. The summed E-state index contributed by atoms with van der Waals surface area (Å²) in [5.41, 5.74) is 0.725. The van der Waals surface area contributed by atoms with Crippen molar-refractivity contribution in [2.45, 2.75) is 49.2 Å². The maximum Gasteiger partial charge on any atom is 0.319 e. The van der Waals surface area contributed by atoms with Crippen LogP contribution in [0.1, 0.15) is 26.2 Å². The molecular formula is C18H24N4O3S. The number of benzene rings is 1. The zero-order valence-electron chi connectivity index (χ0n) is 15.0. The van der Waals surface area contributed by atoms with Crippen molar-refractivity contribution < 1.29 is 14.4 Å². The molecule has 8 heteroatoms. The maximum absolute atomic E-state index is 12.4. The summed E-state index contributed by atoms with van der Waals surface area (Å²) >= 11 is 1.61. The predicted octanol–water partition coefficient (Wildman–Crippen LogP) is 1.80. The van der Waals surface area contributed by atoms with Crippen LogP contribution in [0.15, 0.2) is 29.2 Å². The van der Waals surface area contributed by atoms with Crippen molar-refractivity contribution in [2.24, 2.45) is 0 Å². The van der Waals surface area contributed by atoms with Gasteiger partial charge in [0.25, 0.3) is 0 Å². The molecule has 2 fully saturated rings. The molecule has 1 aromatic rings. The van der Waals surface area contributed by atoms with Gasteiger partial charge in [-0.25, -0.2) is 4.79 Å². The third kappa shape index (κ3) is 3.95. The van der Waals surface area contributed by atoms with Crippen LogP contribution in [0.4, 0.5) is 10.5 Å². The van der Waals surface area contributed by atoms with E-state index in [0.717, 1.165) is 10.6 Å². The van der Waals surface area contributed by atoms with Crippen molar-refractivity contribution in [1.82, 2.24) is 15.5 Å². The number of hydrogen-bond donors (Lipinski definition) is 3. The Bertz CT molecular complexity index is 711. The minimum atomic E-state index is -0.496. The normalized spacial score (nSPS) is 25.3. The number of hydrogen-bond acceptors (Lipinski definition) is 4. The second-order valence-electron chi connectivity index (χ2n) is 6.57. The third-order valence-corrected chi connectivity index (χ3v) is 5.60. The van der Waals surface area contributed by atoms with Gasteiger partial charge in [-0.05, 0) is 43.7 Å². The first-order valence-corrected chi connectivity index (χ1v) is 10.1. The molecule has 3 rings (SSSR count). The van der Waals surface area contributed by atoms with E-state index < -0.39 is 12.1 Å². The van der Waals surface area contributed by atoms with Crippen LogP contribution in [-0.2, 0) is 9.59 Å². The monoisotopic (exact) mass is 376 g/mol. The Morgan fingerprint density at radius 2 is 2.19 bits per heavy atom. The molecule has 0 bridgehead atoms. The number of nitrogens with zero attached hydrogens (tertiary/aromatic N) is 1. The van der Waals surface area contributed by atoms with Crippen molar-refractivity contribution in [2.75, 3.05) is 18.1 Å². The fraction of sp³-hybridized carbons (Fsp3) is 0.500. The summed E-state index contributed by atoms with van der Waals surface area (Å²) in [6.07, 6.45) is 3.65. The Balaban J connectivity index is 1.57. The predicted molar refractivity (Wildman–Crippen MR) is 101 cm³/mol. The highest BCUT2D eigenvalue weighted by Gasteiger charge is 2.43. The molecule has 0 unspecified atom stereocenters. The molecular weight excluding hydrogens is 352 g/mol. The molecule has 4 amide bonds. The molecule has 2 aliphatic rings. The molecule has 1 aromatic carbocycles. The minimum absolute atomic E-state index is 0.0196. The lowest BCUT2D eigenvalue weighted by Gasteiger charge is -2.44. The first-order chi connectivity index (χ1) is 12.5. The Labute approximate surface area is 157 Å². The summed E-state index contributed by atoms with van der Waals surface area (Å²) in [4.78, 5) is 39.7. The van der Waals surface area contributed by atoms with E-state index >= 15 is 0 Å². The summed E-state index contributed by atoms with van der Waals surface area (Å²) in [6.45, 7) is 2.37. The summed E-state index contributed by atoms with van der Waals surface area (Å²) in [5.74, 6) is -0.148. The van der Waals surface area contributed by atoms with Crippen LogP contribution in [-0.4, -0.2) is 53.7 Å². The number of carbonyl (C=O) groups excluding carboxylic acids is 3. The van der Waals surface area contributed by atoms with Gasteiger partial charge in [-0.2, -0.15) is 0 Å². The first kappa shape index (κ1) is 18.6. The number of fused-ring (bicyclic) bond motifs is 1. The molecule has 26 heavy (non-hydrogen) atoms. The molecule has 0 saturated carbocycles. The average Bonchev–Trinajstić information content (AvgIpc) is 2.64. The van der Waals surface area contributed by atoms with E-state index in [0.29, 0.717) is 25.8 Å². The van der Waals surface area contributed by atoms with Crippen molar-refractivity contribution >= 4 is 35.3 Å². The second kappa shape index (κ2) is 7.99. The first-order valence-electron chi connectivity index (χ1n) is 8.84. The maximum atomic E-state index is 12.4. The Morgan fingerprint density at radius 3 is 2.92 bits per heavy atom. The summed E-state index contributed by atoms with van der Waals surface area (Å²) in [7, 11) is 0. The van der Waals surface area contributed by atoms with E-state index in [1.807, 2.05) is 37.4 Å². The van der Waals surface area contributed by atoms with E-state index in [-0.39, 0.29) is 23.9 Å². The number of rotatable bonds is 4. The minimum Gasteiger partial charge on any atom is -0.343 e. The topological polar surface area (TPSA) is 90.5 Å². The molecule has 2 aliphatic heterocycles. The van der Waals surface area contributed by atoms with E-state index in [4.69, 9.17) is 0 Å². The van der Waals surface area contributed by atoms with Gasteiger partial charge in [0.05, 0.1) is 0 Å². The third-order valence-electron chi connectivity index (χ3n) is 4.87. The Kier molecular flexibility index (Phi) is 5.70. The van der Waals surface area contributed by atoms with Crippen LogP contribution in [0.5, 0.6) is 0 Å². The molecule has 3 N–H and O–H groups in total. The quantitative estimate of drug-likeness (QED) is 0.699. The lowest BCUT2D eigenvalue weighted by molar-refractivity contribution is -0.151. The lowest BCUT2D eigenvalue weighted by atomic mass is 9.92. The molecule has 0 radical (unpaired) electrons. The van der Waals surface area contributed by atoms with Gasteiger partial charge in [0.15, 0.2) is 0 Å². The van der Waals surface area contributed by atoms with E-state index in [1.54, 1.807) is 16.7 Å². The Morgan fingerprint density at radius 1 is 1.38 bits per heavy atom. The highest BCUT2D eigenvalue weighted by atomic mass is 32.2. The van der Waals surface area contributed by atoms with Gasteiger partial charge in [-0.1, -0.05) is 13.0 Å². The molecule has 3 atom stereocenters. The summed E-state index contributed by atoms with van der Waals surface area (Å²) < 4.78 is 0. The number of anilines is 1. The molecule has 7 nitrogen and oxygen atoms in total. The van der Waals surface area contributed by atoms with Crippen LogP contribution in [0.3, 0.4) is 0 Å². The van der Waals surface area contributed by atoms with E-state index in [1.165, 1.54) is 0 Å². The van der Waals surface area contributed by atoms with Gasteiger partial charge in [0.2, 0.25) is 11.8 Å². The van der Waals surface area contributed by atoms with Crippen LogP contribution in [0, 0.1) is 0 Å². The van der Waals surface area contributed by atoms with Gasteiger partial charge in [-0.3, -0.25) is 9.59 Å². The number of carbonyl (C=O) groups is 3. The van der Waals surface area contributed by atoms with Crippen LogP contribution in [0.25, 0.3) is 0 Å². The highest BCUT2D eigenvalue weighted by Crippen LogP contribution is 2.23. The number of thioether (sulfide) groups is 1. The van der Waals surface area contributed by atoms with Gasteiger partial charge in [0.1, 0.15) is 12.1 Å². The fourth-order valence-corrected chi connectivity index (χ4v) is 3.93. The number of urea groups is 1. The fourth-order valence-electron chi connectivity index (χ4n) is 3.47. The summed E-state index contributed by atoms with van der Waals surface area (Å²) in [6, 6.07) is 6.26. The molecule has 2 saturated heterocycles. The number of nitrogens with one attached hydrogen (secondary N) is 3. The van der Waals surface area contributed by atoms with Gasteiger partial charge >= 0.3 is 6.03 Å². The van der Waals surface area contributed by atoms with E-state index in [9.17, 15) is 14.4 Å². The van der Waals surface area contributed by atoms with Gasteiger partial charge < -0.3 is 20.9 Å². The molecule has 140 valence electrons. The van der Waals surface area contributed by atoms with E-state index in [2.05, 4.69) is 16.0 Å². The van der Waals surface area contributed by atoms with Gasteiger partial charge in [0, 0.05) is 23.2 Å². The van der Waals surface area contributed by atoms with Crippen molar-refractivity contribution in [1.29, 1.82) is 0 Å². The zero-order chi connectivity index (χ0) is 18.7. The second-order valence-corrected chi connectivity index (χ2v) is 7.45. The van der Waals surface area contributed by atoms with Crippen molar-refractivity contribution in [3.8, 4) is 0 Å². The Hall–Kier alpha value is -2.22. The van der Waals surface area contributed by atoms with Crippen LogP contribution in [0.2, 0.25) is 0 Å². The number of piperidine rings is 1. The largest absolute Gasteiger partial charge is 0.343 e. The standard InChI is InChI=1S/C18H24N4O3S/c1-3-14-17(24)22-8-7-12(10-15(22)16(23)21-14)20-18(25)19-11-5-4-6-13(9-11)26-2/h4-6,9,12,14-15H,3,7-8,10H2,1-2H3,(H,21,23)(H2,19,20,25)/t12-,14+,15-/m0/s1. The molecule has 0 spiro atoms. The van der Waals surface area contributed by atoms with Gasteiger partial charge in [-0.15, -0.1) is 11.8 Å². The number of amides is 4. The molecule has 0 aliphatic carbocycles. The summed E-state index contributed by atoms with van der Waals surface area (Å²) in [5, 5.41) is 8.53. The smallest absolute Gasteiger partial charge is 0.319 e. The zero-order valence-corrected chi connectivity index (χ0v) is 15.8. The SMILES string of the molecule is CC[C@H]1NC(=O)[C@@H]2C[C@@H](NC(=O)Nc3cccc(SC)c3)CCN2C1=O. The number of piperazine rings is 1. The van der Waals surface area contributed by atoms with Crippen molar-refractivity contribution in [3.05, 3.63) is 24.3 Å². The van der Waals surface area contributed by atoms with Crippen LogP contribution >= 0.6 is 11.8 Å². The highest BCUT2D eigenvalue weighted by molar-refractivity contribution is 7.98. The molecule has 0 aromatic heterocycles.